The van der Waals surface area contributed by atoms with E-state index in [9.17, 15) is 0 Å². The van der Waals surface area contributed by atoms with Gasteiger partial charge in [-0.05, 0) is 20.8 Å². The second kappa shape index (κ2) is 3.99. The van der Waals surface area contributed by atoms with Gasteiger partial charge in [-0.3, -0.25) is 0 Å². The topological polar surface area (TPSA) is 24.1 Å². The van der Waals surface area contributed by atoms with Crippen molar-refractivity contribution in [3.63, 3.8) is 0 Å². The van der Waals surface area contributed by atoms with E-state index in [-0.39, 0.29) is 0 Å². The van der Waals surface area contributed by atoms with Crippen molar-refractivity contribution in [3.8, 4) is 0 Å². The number of nitrogens with one attached hydrogen (secondary N) is 2. The van der Waals surface area contributed by atoms with E-state index in [4.69, 9.17) is 0 Å². The Hall–Kier alpha value is -0.920. The summed E-state index contributed by atoms with van der Waals surface area (Å²) in [6.07, 6.45) is 0. The third-order valence-electron chi connectivity index (χ3n) is 1.34. The van der Waals surface area contributed by atoms with Crippen LogP contribution in [0.25, 0.3) is 0 Å². The van der Waals surface area contributed by atoms with Crippen molar-refractivity contribution in [2.45, 2.75) is 20.8 Å². The molecule has 0 aliphatic heterocycles. The van der Waals surface area contributed by atoms with Gasteiger partial charge in [0.2, 0.25) is 0 Å². The van der Waals surface area contributed by atoms with E-state index >= 15 is 0 Å². The molecular formula is C8H16N2. The average molecular weight is 140 g/mol. The zero-order valence-electron chi connectivity index (χ0n) is 7.21. The van der Waals surface area contributed by atoms with Crippen molar-refractivity contribution in [2.24, 2.45) is 0 Å². The van der Waals surface area contributed by atoms with Gasteiger partial charge in [0, 0.05) is 24.1 Å². The van der Waals surface area contributed by atoms with E-state index in [2.05, 4.69) is 17.2 Å². The van der Waals surface area contributed by atoms with Crippen LogP contribution in [0.15, 0.2) is 23.7 Å². The first-order valence-corrected chi connectivity index (χ1v) is 3.35. The normalized spacial score (nSPS) is 12.0. The molecular weight excluding hydrogens is 124 g/mol. The highest BCUT2D eigenvalue weighted by Gasteiger charge is 1.91. The molecule has 0 amide bonds. The van der Waals surface area contributed by atoms with Crippen LogP contribution in [0.4, 0.5) is 0 Å². The Bertz CT molecular complexity index is 157. The number of allylic oxidation sites excluding steroid dienone is 3. The summed E-state index contributed by atoms with van der Waals surface area (Å²) < 4.78 is 0. The Morgan fingerprint density at radius 1 is 1.10 bits per heavy atom. The Morgan fingerprint density at radius 2 is 1.60 bits per heavy atom. The molecule has 58 valence electrons. The third kappa shape index (κ3) is 3.17. The van der Waals surface area contributed by atoms with Crippen molar-refractivity contribution in [2.75, 3.05) is 7.05 Å². The minimum atomic E-state index is 0.965. The van der Waals surface area contributed by atoms with Gasteiger partial charge in [-0.15, -0.1) is 0 Å². The molecule has 0 aliphatic carbocycles. The standard InChI is InChI=1S/C8H16N2/c1-6(2)10-8(4)7(3)9-5/h9-10H,1H2,2-5H3/b8-7-. The molecule has 0 rings (SSSR count). The van der Waals surface area contributed by atoms with Crippen LogP contribution in [-0.2, 0) is 0 Å². The van der Waals surface area contributed by atoms with Crippen LogP contribution in [0.2, 0.25) is 0 Å². The molecule has 0 bridgehead atoms. The molecule has 0 aromatic carbocycles. The monoisotopic (exact) mass is 140 g/mol. The summed E-state index contributed by atoms with van der Waals surface area (Å²) in [4.78, 5) is 0. The average Bonchev–Trinajstić information content (AvgIpc) is 1.85. The van der Waals surface area contributed by atoms with Gasteiger partial charge in [0.15, 0.2) is 0 Å². The zero-order valence-corrected chi connectivity index (χ0v) is 7.21. The first-order valence-electron chi connectivity index (χ1n) is 3.35. The predicted molar refractivity (Wildman–Crippen MR) is 45.4 cm³/mol. The Morgan fingerprint density at radius 3 is 1.90 bits per heavy atom. The first kappa shape index (κ1) is 9.08. The van der Waals surface area contributed by atoms with E-state index in [1.165, 1.54) is 0 Å². The maximum atomic E-state index is 3.74. The fraction of sp³-hybridized carbons (Fsp3) is 0.500. The van der Waals surface area contributed by atoms with Crippen molar-refractivity contribution < 1.29 is 0 Å². The quantitative estimate of drug-likeness (QED) is 0.622. The summed E-state index contributed by atoms with van der Waals surface area (Å²) in [5.41, 5.74) is 3.23. The van der Waals surface area contributed by atoms with Gasteiger partial charge in [-0.2, -0.15) is 0 Å². The Labute approximate surface area is 63.0 Å². The van der Waals surface area contributed by atoms with E-state index in [0.29, 0.717) is 0 Å². The van der Waals surface area contributed by atoms with Crippen LogP contribution in [0.5, 0.6) is 0 Å². The second-order valence-corrected chi connectivity index (χ2v) is 2.41. The molecule has 2 nitrogen and oxygen atoms in total. The molecule has 0 fully saturated rings. The minimum absolute atomic E-state index is 0.965. The van der Waals surface area contributed by atoms with Crippen molar-refractivity contribution in [1.29, 1.82) is 0 Å². The van der Waals surface area contributed by atoms with Gasteiger partial charge in [-0.1, -0.05) is 6.58 Å². The van der Waals surface area contributed by atoms with Gasteiger partial charge in [0.25, 0.3) is 0 Å². The lowest BCUT2D eigenvalue weighted by molar-refractivity contribution is 0.876. The van der Waals surface area contributed by atoms with Gasteiger partial charge >= 0.3 is 0 Å². The highest BCUT2D eigenvalue weighted by atomic mass is 14.9. The predicted octanol–water partition coefficient (Wildman–Crippen LogP) is 1.58. The van der Waals surface area contributed by atoms with E-state index in [0.717, 1.165) is 17.1 Å². The summed E-state index contributed by atoms with van der Waals surface area (Å²) >= 11 is 0. The lowest BCUT2D eigenvalue weighted by Gasteiger charge is -2.09. The highest BCUT2D eigenvalue weighted by Crippen LogP contribution is 1.96. The first-order chi connectivity index (χ1) is 4.57. The summed E-state index contributed by atoms with van der Waals surface area (Å²) in [5.74, 6) is 0. The van der Waals surface area contributed by atoms with Crippen LogP contribution in [0, 0.1) is 0 Å². The molecule has 0 aromatic heterocycles. The number of hydrogen-bond donors (Lipinski definition) is 2. The van der Waals surface area contributed by atoms with Crippen molar-refractivity contribution in [1.82, 2.24) is 10.6 Å². The van der Waals surface area contributed by atoms with Gasteiger partial charge in [-0.25, -0.2) is 0 Å². The van der Waals surface area contributed by atoms with Crippen molar-refractivity contribution in [3.05, 3.63) is 23.7 Å². The van der Waals surface area contributed by atoms with Crippen LogP contribution in [0.3, 0.4) is 0 Å². The molecule has 0 spiro atoms. The van der Waals surface area contributed by atoms with Crippen LogP contribution in [-0.4, -0.2) is 7.05 Å². The maximum Gasteiger partial charge on any atom is 0.0306 e. The smallest absolute Gasteiger partial charge is 0.0306 e. The zero-order chi connectivity index (χ0) is 8.15. The molecule has 0 saturated heterocycles. The summed E-state index contributed by atoms with van der Waals surface area (Å²) in [6, 6.07) is 0. The van der Waals surface area contributed by atoms with E-state index in [1.54, 1.807) is 0 Å². The molecule has 0 atom stereocenters. The molecule has 2 heteroatoms. The van der Waals surface area contributed by atoms with E-state index in [1.807, 2.05) is 27.8 Å². The van der Waals surface area contributed by atoms with Gasteiger partial charge < -0.3 is 10.6 Å². The van der Waals surface area contributed by atoms with Crippen molar-refractivity contribution >= 4 is 0 Å². The molecule has 0 heterocycles. The highest BCUT2D eigenvalue weighted by molar-refractivity contribution is 5.10. The number of rotatable bonds is 3. The minimum Gasteiger partial charge on any atom is -0.390 e. The molecule has 0 aromatic rings. The van der Waals surface area contributed by atoms with Gasteiger partial charge in [0.05, 0.1) is 0 Å². The maximum absolute atomic E-state index is 3.74. The largest absolute Gasteiger partial charge is 0.390 e. The third-order valence-corrected chi connectivity index (χ3v) is 1.34. The molecule has 10 heavy (non-hydrogen) atoms. The molecule has 0 aliphatic rings. The summed E-state index contributed by atoms with van der Waals surface area (Å²) in [5, 5.41) is 6.16. The molecule has 0 radical (unpaired) electrons. The second-order valence-electron chi connectivity index (χ2n) is 2.41. The lowest BCUT2D eigenvalue weighted by Crippen LogP contribution is -2.14. The Kier molecular flexibility index (Phi) is 3.62. The van der Waals surface area contributed by atoms with Crippen LogP contribution < -0.4 is 10.6 Å². The summed E-state index contributed by atoms with van der Waals surface area (Å²) in [6.45, 7) is 9.71. The summed E-state index contributed by atoms with van der Waals surface area (Å²) in [7, 11) is 1.90. The molecule has 2 N–H and O–H groups in total. The lowest BCUT2D eigenvalue weighted by atomic mass is 10.3. The SMILES string of the molecule is C=C(C)N/C(C)=C(/C)NC. The van der Waals surface area contributed by atoms with Crippen LogP contribution >= 0.6 is 0 Å². The van der Waals surface area contributed by atoms with Gasteiger partial charge in [0.1, 0.15) is 0 Å². The Balaban J connectivity index is 4.04. The number of hydrogen-bond acceptors (Lipinski definition) is 2. The fourth-order valence-electron chi connectivity index (χ4n) is 0.601. The van der Waals surface area contributed by atoms with E-state index < -0.39 is 0 Å². The van der Waals surface area contributed by atoms with Crippen LogP contribution in [0.1, 0.15) is 20.8 Å². The fourth-order valence-corrected chi connectivity index (χ4v) is 0.601. The molecule has 0 unspecified atom stereocenters. The molecule has 0 saturated carbocycles.